The van der Waals surface area contributed by atoms with Crippen LogP contribution < -0.4 is 14.4 Å². The maximum atomic E-state index is 5.93. The van der Waals surface area contributed by atoms with Gasteiger partial charge in [-0.3, -0.25) is 0 Å². The summed E-state index contributed by atoms with van der Waals surface area (Å²) in [6.07, 6.45) is 3.50. The van der Waals surface area contributed by atoms with E-state index >= 15 is 0 Å². The molecule has 5 nitrogen and oxygen atoms in total. The molecule has 3 rings (SSSR count). The van der Waals surface area contributed by atoms with Crippen molar-refractivity contribution in [3.8, 4) is 11.5 Å². The van der Waals surface area contributed by atoms with Crippen LogP contribution in [0.25, 0.3) is 0 Å². The van der Waals surface area contributed by atoms with Gasteiger partial charge in [-0.15, -0.1) is 0 Å². The predicted octanol–water partition coefficient (Wildman–Crippen LogP) is 2.34. The lowest BCUT2D eigenvalue weighted by atomic mass is 9.92. The third-order valence-electron chi connectivity index (χ3n) is 3.92. The minimum atomic E-state index is 0.421. The van der Waals surface area contributed by atoms with Crippen molar-refractivity contribution in [3.05, 3.63) is 41.9 Å². The quantitative estimate of drug-likeness (QED) is 0.867. The summed E-state index contributed by atoms with van der Waals surface area (Å²) >= 11 is 0. The third kappa shape index (κ3) is 2.98. The molecule has 0 bridgehead atoms. The van der Waals surface area contributed by atoms with Gasteiger partial charge in [-0.05, 0) is 24.5 Å². The zero-order valence-corrected chi connectivity index (χ0v) is 13.2. The number of anilines is 1. The van der Waals surface area contributed by atoms with E-state index in [1.165, 1.54) is 5.56 Å². The van der Waals surface area contributed by atoms with Gasteiger partial charge in [-0.2, -0.15) is 0 Å². The van der Waals surface area contributed by atoms with Gasteiger partial charge in [0.15, 0.2) is 11.5 Å². The van der Waals surface area contributed by atoms with E-state index in [2.05, 4.69) is 16.0 Å². The lowest BCUT2D eigenvalue weighted by Crippen LogP contribution is -2.23. The zero-order valence-electron chi connectivity index (χ0n) is 13.2. The number of hydrogen-bond acceptors (Lipinski definition) is 5. The summed E-state index contributed by atoms with van der Waals surface area (Å²) in [6.45, 7) is 0.689. The Kier molecular flexibility index (Phi) is 4.13. The maximum absolute atomic E-state index is 5.93. The minimum absolute atomic E-state index is 0.421. The normalized spacial score (nSPS) is 16.6. The SMILES string of the molecule is COc1cccc2c1OC[C@H](Cc1cc(N(C)C)ncn1)C2. The molecule has 0 saturated carbocycles. The number of rotatable bonds is 4. The standard InChI is InChI=1S/C17H21N3O2/c1-20(2)16-9-14(18-11-19-16)8-12-7-13-5-4-6-15(21-3)17(13)22-10-12/h4-6,9,11-12H,7-8,10H2,1-3H3/t12-/m0/s1. The van der Waals surface area contributed by atoms with Crippen molar-refractivity contribution in [2.75, 3.05) is 32.7 Å². The van der Waals surface area contributed by atoms with Crippen molar-refractivity contribution in [2.45, 2.75) is 12.8 Å². The van der Waals surface area contributed by atoms with Gasteiger partial charge in [0.05, 0.1) is 13.7 Å². The van der Waals surface area contributed by atoms with Crippen molar-refractivity contribution in [2.24, 2.45) is 5.92 Å². The average molecular weight is 299 g/mol. The van der Waals surface area contributed by atoms with Crippen LogP contribution in [0.15, 0.2) is 30.6 Å². The van der Waals surface area contributed by atoms with Crippen LogP contribution in [0.3, 0.4) is 0 Å². The molecule has 116 valence electrons. The molecule has 0 saturated heterocycles. The van der Waals surface area contributed by atoms with Gasteiger partial charge in [-0.25, -0.2) is 9.97 Å². The average Bonchev–Trinajstić information content (AvgIpc) is 2.54. The first-order chi connectivity index (χ1) is 10.7. The van der Waals surface area contributed by atoms with Gasteiger partial charge in [0.25, 0.3) is 0 Å². The van der Waals surface area contributed by atoms with E-state index < -0.39 is 0 Å². The van der Waals surface area contributed by atoms with Crippen LogP contribution in [-0.4, -0.2) is 37.8 Å². The first-order valence-corrected chi connectivity index (χ1v) is 7.44. The van der Waals surface area contributed by atoms with Crippen molar-refractivity contribution in [1.82, 2.24) is 9.97 Å². The van der Waals surface area contributed by atoms with E-state index in [1.54, 1.807) is 13.4 Å². The Morgan fingerprint density at radius 2 is 2.18 bits per heavy atom. The molecule has 22 heavy (non-hydrogen) atoms. The van der Waals surface area contributed by atoms with Gasteiger partial charge in [0, 0.05) is 31.8 Å². The molecule has 0 spiro atoms. The summed E-state index contributed by atoms with van der Waals surface area (Å²) in [5, 5.41) is 0. The highest BCUT2D eigenvalue weighted by Gasteiger charge is 2.23. The number of methoxy groups -OCH3 is 1. The number of ether oxygens (including phenoxy) is 2. The molecular formula is C17H21N3O2. The van der Waals surface area contributed by atoms with E-state index in [0.29, 0.717) is 12.5 Å². The first-order valence-electron chi connectivity index (χ1n) is 7.44. The topological polar surface area (TPSA) is 47.5 Å². The van der Waals surface area contributed by atoms with E-state index in [0.717, 1.165) is 35.9 Å². The fraction of sp³-hybridized carbons (Fsp3) is 0.412. The van der Waals surface area contributed by atoms with Gasteiger partial charge >= 0.3 is 0 Å². The van der Waals surface area contributed by atoms with Gasteiger partial charge in [0.2, 0.25) is 0 Å². The molecule has 1 atom stereocenters. The van der Waals surface area contributed by atoms with E-state index in [-0.39, 0.29) is 0 Å². The Hall–Kier alpha value is -2.30. The number of nitrogens with zero attached hydrogens (tertiary/aromatic N) is 3. The fourth-order valence-electron chi connectivity index (χ4n) is 2.79. The summed E-state index contributed by atoms with van der Waals surface area (Å²) in [4.78, 5) is 10.6. The molecule has 1 aromatic carbocycles. The van der Waals surface area contributed by atoms with Gasteiger partial charge in [0.1, 0.15) is 12.1 Å². The molecule has 0 radical (unpaired) electrons. The van der Waals surface area contributed by atoms with E-state index in [1.807, 2.05) is 37.2 Å². The van der Waals surface area contributed by atoms with Crippen molar-refractivity contribution in [1.29, 1.82) is 0 Å². The molecule has 0 aliphatic carbocycles. The maximum Gasteiger partial charge on any atom is 0.164 e. The second kappa shape index (κ2) is 6.22. The minimum Gasteiger partial charge on any atom is -0.493 e. The largest absolute Gasteiger partial charge is 0.493 e. The molecule has 1 aliphatic rings. The number of aromatic nitrogens is 2. The summed E-state index contributed by atoms with van der Waals surface area (Å²) in [5.41, 5.74) is 2.26. The van der Waals surface area contributed by atoms with Crippen molar-refractivity contribution < 1.29 is 9.47 Å². The van der Waals surface area contributed by atoms with Crippen LogP contribution in [-0.2, 0) is 12.8 Å². The lowest BCUT2D eigenvalue weighted by molar-refractivity contribution is 0.210. The second-order valence-electron chi connectivity index (χ2n) is 5.80. The highest BCUT2D eigenvalue weighted by atomic mass is 16.5. The molecule has 2 heterocycles. The Morgan fingerprint density at radius 1 is 1.32 bits per heavy atom. The lowest BCUT2D eigenvalue weighted by Gasteiger charge is -2.26. The van der Waals surface area contributed by atoms with Crippen LogP contribution in [0.2, 0.25) is 0 Å². The molecule has 0 amide bonds. The zero-order chi connectivity index (χ0) is 15.5. The Balaban J connectivity index is 1.74. The number of benzene rings is 1. The molecule has 1 aromatic heterocycles. The molecule has 0 N–H and O–H groups in total. The van der Waals surface area contributed by atoms with Crippen LogP contribution >= 0.6 is 0 Å². The fourth-order valence-corrected chi connectivity index (χ4v) is 2.79. The van der Waals surface area contributed by atoms with Crippen LogP contribution in [0.4, 0.5) is 5.82 Å². The monoisotopic (exact) mass is 299 g/mol. The van der Waals surface area contributed by atoms with Gasteiger partial charge in [-0.1, -0.05) is 12.1 Å². The molecule has 0 unspecified atom stereocenters. The van der Waals surface area contributed by atoms with Crippen LogP contribution in [0.5, 0.6) is 11.5 Å². The highest BCUT2D eigenvalue weighted by molar-refractivity contribution is 5.48. The third-order valence-corrected chi connectivity index (χ3v) is 3.92. The first kappa shape index (κ1) is 14.6. The van der Waals surface area contributed by atoms with Crippen LogP contribution in [0.1, 0.15) is 11.3 Å². The smallest absolute Gasteiger partial charge is 0.164 e. The van der Waals surface area contributed by atoms with Crippen LogP contribution in [0, 0.1) is 5.92 Å². The molecule has 0 fully saturated rings. The summed E-state index contributed by atoms with van der Waals surface area (Å²) in [7, 11) is 5.64. The Bertz CT molecular complexity index is 658. The Labute approximate surface area is 130 Å². The molecular weight excluding hydrogens is 278 g/mol. The summed E-state index contributed by atoms with van der Waals surface area (Å²) in [6, 6.07) is 8.10. The molecule has 5 heteroatoms. The summed E-state index contributed by atoms with van der Waals surface area (Å²) in [5.74, 6) is 3.05. The molecule has 2 aromatic rings. The van der Waals surface area contributed by atoms with Crippen molar-refractivity contribution in [3.63, 3.8) is 0 Å². The summed E-state index contributed by atoms with van der Waals surface area (Å²) < 4.78 is 11.3. The highest BCUT2D eigenvalue weighted by Crippen LogP contribution is 2.36. The van der Waals surface area contributed by atoms with E-state index in [4.69, 9.17) is 9.47 Å². The van der Waals surface area contributed by atoms with Gasteiger partial charge < -0.3 is 14.4 Å². The second-order valence-corrected chi connectivity index (χ2v) is 5.80. The predicted molar refractivity (Wildman–Crippen MR) is 85.7 cm³/mol. The molecule has 1 aliphatic heterocycles. The van der Waals surface area contributed by atoms with E-state index in [9.17, 15) is 0 Å². The number of fused-ring (bicyclic) bond motifs is 1. The number of para-hydroxylation sites is 1. The van der Waals surface area contributed by atoms with Crippen molar-refractivity contribution >= 4 is 5.82 Å². The Morgan fingerprint density at radius 3 is 2.95 bits per heavy atom. The number of hydrogen-bond donors (Lipinski definition) is 0.